The second-order valence-electron chi connectivity index (χ2n) is 13.5. The van der Waals surface area contributed by atoms with Crippen molar-refractivity contribution in [3.63, 3.8) is 0 Å². The Morgan fingerprint density at radius 1 is 0.630 bits per heavy atom. The first-order chi connectivity index (χ1) is 22.4. The van der Waals surface area contributed by atoms with E-state index in [2.05, 4.69) is 19.2 Å². The maximum absolute atomic E-state index is 12.7. The number of rotatable bonds is 37. The van der Waals surface area contributed by atoms with E-state index in [9.17, 15) is 19.4 Å². The smallest absolute Gasteiger partial charge is 0.391 e. The molecule has 9 heteroatoms. The Bertz CT molecular complexity index is 699. The van der Waals surface area contributed by atoms with Crippen molar-refractivity contribution < 1.29 is 28.4 Å². The van der Waals surface area contributed by atoms with Crippen molar-refractivity contribution >= 4 is 13.7 Å². The summed E-state index contributed by atoms with van der Waals surface area (Å²) in [6.07, 6.45) is 33.8. The number of carbonyl (C=O) groups is 1. The Balaban J connectivity index is 4.20. The Morgan fingerprint density at radius 2 is 1.00 bits per heavy atom. The molecule has 0 saturated carbocycles. The van der Waals surface area contributed by atoms with Crippen molar-refractivity contribution in [2.75, 3.05) is 19.8 Å². The molecule has 1 amide bonds. The van der Waals surface area contributed by atoms with Crippen LogP contribution in [0.2, 0.25) is 0 Å². The normalized spacial score (nSPS) is 14.3. The van der Waals surface area contributed by atoms with E-state index in [0.717, 1.165) is 38.5 Å². The van der Waals surface area contributed by atoms with Gasteiger partial charge >= 0.3 is 7.82 Å². The summed E-state index contributed by atoms with van der Waals surface area (Å²) in [6.45, 7) is 4.21. The average molecular weight is 677 g/mol. The van der Waals surface area contributed by atoms with Gasteiger partial charge in [0.2, 0.25) is 5.91 Å². The molecule has 0 aliphatic carbocycles. The van der Waals surface area contributed by atoms with Gasteiger partial charge in [-0.2, -0.15) is 0 Å². The van der Waals surface area contributed by atoms with E-state index >= 15 is 0 Å². The lowest BCUT2D eigenvalue weighted by atomic mass is 10.0. The van der Waals surface area contributed by atoms with E-state index < -0.39 is 20.0 Å². The minimum absolute atomic E-state index is 0.0922. The number of unbranched alkanes of at least 4 members (excludes halogenated alkanes) is 25. The number of hydrogen-bond donors (Lipinski definition) is 4. The van der Waals surface area contributed by atoms with Crippen LogP contribution >= 0.6 is 7.82 Å². The molecule has 0 rings (SSSR count). The van der Waals surface area contributed by atoms with Crippen molar-refractivity contribution in [3.8, 4) is 0 Å². The molecule has 5 N–H and O–H groups in total. The largest absolute Gasteiger partial charge is 0.472 e. The van der Waals surface area contributed by atoms with E-state index in [1.807, 2.05) is 0 Å². The van der Waals surface area contributed by atoms with Gasteiger partial charge in [-0.3, -0.25) is 13.8 Å². The number of phosphoric acid groups is 1. The Morgan fingerprint density at radius 3 is 1.39 bits per heavy atom. The molecule has 0 saturated heterocycles. The lowest BCUT2D eigenvalue weighted by Crippen LogP contribution is -2.46. The molecule has 3 atom stereocenters. The number of nitrogens with one attached hydrogen (secondary N) is 1. The molecule has 1 unspecified atom stereocenters. The van der Waals surface area contributed by atoms with Crippen molar-refractivity contribution in [2.45, 2.75) is 212 Å². The fourth-order valence-electron chi connectivity index (χ4n) is 5.96. The molecule has 0 aromatic rings. The topological polar surface area (TPSA) is 131 Å². The summed E-state index contributed by atoms with van der Waals surface area (Å²) in [4.78, 5) is 22.6. The minimum Gasteiger partial charge on any atom is -0.391 e. The van der Waals surface area contributed by atoms with Crippen LogP contribution in [0.3, 0.4) is 0 Å². The molecule has 0 aliphatic heterocycles. The van der Waals surface area contributed by atoms with Crippen LogP contribution in [-0.4, -0.2) is 47.8 Å². The van der Waals surface area contributed by atoms with Gasteiger partial charge in [-0.15, -0.1) is 0 Å². The number of hydrogen-bond acceptors (Lipinski definition) is 6. The number of nitrogens with two attached hydrogens (primary N) is 1. The summed E-state index contributed by atoms with van der Waals surface area (Å²) in [5.41, 5.74) is 5.36. The van der Waals surface area contributed by atoms with E-state index in [4.69, 9.17) is 14.8 Å². The van der Waals surface area contributed by atoms with Crippen LogP contribution in [-0.2, 0) is 18.4 Å². The summed E-state index contributed by atoms with van der Waals surface area (Å²) in [5.74, 6) is -0.160. The maximum atomic E-state index is 12.7. The second-order valence-corrected chi connectivity index (χ2v) is 15.0. The lowest BCUT2D eigenvalue weighted by molar-refractivity contribution is -0.123. The number of carbonyl (C=O) groups excluding carboxylic acids is 1. The van der Waals surface area contributed by atoms with Crippen LogP contribution < -0.4 is 11.1 Å². The standard InChI is InChI=1S/C37H77N2O6P/c1-3-5-7-9-11-13-15-17-19-20-22-24-26-28-30-36(40)35(34-45-46(42,43)44-33-32-38)39-37(41)31-29-27-25-23-21-18-16-14-12-10-8-6-4-2/h35-36,40H,3-34,38H2,1-2H3,(H,39,41)(H,42,43)/t35-,36+/m0/s1. The van der Waals surface area contributed by atoms with Crippen molar-refractivity contribution in [2.24, 2.45) is 5.73 Å². The SMILES string of the molecule is CCCCCCCCCCCCCCCC[C@@H](O)[C@H](COP(=O)(O)OCCN)NC(=O)CCCCCCCCCCCCCCC. The Hall–Kier alpha value is -0.500. The first kappa shape index (κ1) is 45.5. The van der Waals surface area contributed by atoms with Gasteiger partial charge in [0.15, 0.2) is 0 Å². The zero-order valence-electron chi connectivity index (χ0n) is 30.3. The van der Waals surface area contributed by atoms with Crippen molar-refractivity contribution in [3.05, 3.63) is 0 Å². The number of aliphatic hydroxyl groups is 1. The third kappa shape index (κ3) is 32.1. The Labute approximate surface area is 284 Å². The van der Waals surface area contributed by atoms with Crippen molar-refractivity contribution in [1.29, 1.82) is 0 Å². The van der Waals surface area contributed by atoms with Gasteiger partial charge in [-0.05, 0) is 12.8 Å². The summed E-state index contributed by atoms with van der Waals surface area (Å²) >= 11 is 0. The van der Waals surface area contributed by atoms with Crippen molar-refractivity contribution in [1.82, 2.24) is 5.32 Å². The third-order valence-electron chi connectivity index (χ3n) is 8.96. The summed E-state index contributed by atoms with van der Waals surface area (Å²) < 4.78 is 22.1. The highest BCUT2D eigenvalue weighted by atomic mass is 31.2. The molecule has 0 fully saturated rings. The number of phosphoric ester groups is 1. The second kappa shape index (κ2) is 34.4. The minimum atomic E-state index is -4.30. The lowest BCUT2D eigenvalue weighted by Gasteiger charge is -2.25. The molecule has 8 nitrogen and oxygen atoms in total. The molecule has 0 aromatic heterocycles. The number of aliphatic hydroxyl groups excluding tert-OH is 1. The monoisotopic (exact) mass is 677 g/mol. The zero-order chi connectivity index (χ0) is 34.0. The molecular weight excluding hydrogens is 599 g/mol. The highest BCUT2D eigenvalue weighted by Gasteiger charge is 2.27. The van der Waals surface area contributed by atoms with E-state index in [1.54, 1.807) is 0 Å². The van der Waals surface area contributed by atoms with Gasteiger partial charge in [0.25, 0.3) is 0 Å². The summed E-state index contributed by atoms with van der Waals surface area (Å²) in [6, 6.07) is -0.765. The first-order valence-electron chi connectivity index (χ1n) is 19.7. The van der Waals surface area contributed by atoms with E-state index in [1.165, 1.54) is 135 Å². The van der Waals surface area contributed by atoms with Crippen LogP contribution in [0.25, 0.3) is 0 Å². The zero-order valence-corrected chi connectivity index (χ0v) is 31.2. The van der Waals surface area contributed by atoms with Gasteiger partial charge < -0.3 is 21.1 Å². The Kier molecular flexibility index (Phi) is 34.0. The fraction of sp³-hybridized carbons (Fsp3) is 0.973. The van der Waals surface area contributed by atoms with E-state index in [-0.39, 0.29) is 25.7 Å². The highest BCUT2D eigenvalue weighted by Crippen LogP contribution is 2.43. The molecule has 0 bridgehead atoms. The van der Waals surface area contributed by atoms with Gasteiger partial charge in [0.1, 0.15) is 0 Å². The highest BCUT2D eigenvalue weighted by molar-refractivity contribution is 7.47. The van der Waals surface area contributed by atoms with Gasteiger partial charge in [0.05, 0.1) is 25.4 Å². The molecule has 0 aromatic carbocycles. The summed E-state index contributed by atoms with van der Waals surface area (Å²) in [5, 5.41) is 13.7. The van der Waals surface area contributed by atoms with Crippen LogP contribution in [0.1, 0.15) is 200 Å². The van der Waals surface area contributed by atoms with Crippen LogP contribution in [0.15, 0.2) is 0 Å². The molecule has 46 heavy (non-hydrogen) atoms. The summed E-state index contributed by atoms with van der Waals surface area (Å²) in [7, 11) is -4.30. The van der Waals surface area contributed by atoms with Gasteiger partial charge in [-0.25, -0.2) is 4.57 Å². The molecule has 0 spiro atoms. The maximum Gasteiger partial charge on any atom is 0.472 e. The molecular formula is C37H77N2O6P. The molecule has 0 aliphatic rings. The predicted molar refractivity (Wildman–Crippen MR) is 194 cm³/mol. The third-order valence-corrected chi connectivity index (χ3v) is 9.95. The molecule has 276 valence electrons. The van der Waals surface area contributed by atoms with Crippen LogP contribution in [0.5, 0.6) is 0 Å². The van der Waals surface area contributed by atoms with Crippen LogP contribution in [0, 0.1) is 0 Å². The quantitative estimate of drug-likeness (QED) is 0.0380. The predicted octanol–water partition coefficient (Wildman–Crippen LogP) is 10.3. The van der Waals surface area contributed by atoms with Gasteiger partial charge in [-0.1, -0.05) is 181 Å². The number of amides is 1. The molecule has 0 heterocycles. The van der Waals surface area contributed by atoms with E-state index in [0.29, 0.717) is 12.8 Å². The first-order valence-corrected chi connectivity index (χ1v) is 21.1. The molecule has 0 radical (unpaired) electrons. The van der Waals surface area contributed by atoms with Gasteiger partial charge in [0, 0.05) is 13.0 Å². The average Bonchev–Trinajstić information content (AvgIpc) is 3.04. The fourth-order valence-corrected chi connectivity index (χ4v) is 6.72. The van der Waals surface area contributed by atoms with Crippen LogP contribution in [0.4, 0.5) is 0 Å².